The van der Waals surface area contributed by atoms with Crippen molar-refractivity contribution < 1.29 is 20.4 Å². The van der Waals surface area contributed by atoms with Crippen molar-refractivity contribution in [2.75, 3.05) is 6.61 Å². The van der Waals surface area contributed by atoms with E-state index in [0.717, 1.165) is 0 Å². The molecule has 0 aliphatic rings. The number of aliphatic hydroxyl groups is 1. The van der Waals surface area contributed by atoms with Crippen LogP contribution in [0.3, 0.4) is 0 Å². The van der Waals surface area contributed by atoms with Gasteiger partial charge in [0, 0.05) is 24.8 Å². The molecule has 96 valence electrons. The molecule has 0 bridgehead atoms. The first-order valence-electron chi connectivity index (χ1n) is 5.54. The Morgan fingerprint density at radius 1 is 1.12 bits per heavy atom. The molecular formula is C12H19NO4. The molecule has 0 aliphatic carbocycles. The third kappa shape index (κ3) is 3.25. The zero-order chi connectivity index (χ0) is 13.0. The second-order valence-corrected chi connectivity index (χ2v) is 4.27. The maximum absolute atomic E-state index is 9.59. The van der Waals surface area contributed by atoms with Crippen LogP contribution in [0.15, 0.2) is 12.1 Å². The molecular weight excluding hydrogens is 222 g/mol. The molecule has 0 spiro atoms. The zero-order valence-electron chi connectivity index (χ0n) is 10.0. The lowest BCUT2D eigenvalue weighted by molar-refractivity contribution is 0.206. The summed E-state index contributed by atoms with van der Waals surface area (Å²) in [7, 11) is 0. The van der Waals surface area contributed by atoms with Gasteiger partial charge in [0.1, 0.15) is 0 Å². The Bertz CT molecular complexity index is 381. The molecule has 1 rings (SSSR count). The summed E-state index contributed by atoms with van der Waals surface area (Å²) >= 11 is 0. The Balaban J connectivity index is 2.67. The van der Waals surface area contributed by atoms with Crippen LogP contribution in [0.4, 0.5) is 0 Å². The fraction of sp³-hybridized carbons (Fsp3) is 0.500. The molecule has 2 atom stereocenters. The van der Waals surface area contributed by atoms with Gasteiger partial charge < -0.3 is 25.7 Å². The number of aliphatic hydroxyl groups excluding tert-OH is 1. The number of hydrogen-bond acceptors (Lipinski definition) is 5. The largest absolute Gasteiger partial charge is 0.504 e. The second-order valence-electron chi connectivity index (χ2n) is 4.27. The normalized spacial score (nSPS) is 14.5. The first kappa shape index (κ1) is 13.6. The monoisotopic (exact) mass is 241 g/mol. The lowest BCUT2D eigenvalue weighted by Gasteiger charge is -2.19. The van der Waals surface area contributed by atoms with E-state index in [1.165, 1.54) is 12.1 Å². The number of phenolic OH excluding ortho intramolecular Hbond substituents is 3. The molecule has 0 radical (unpaired) electrons. The van der Waals surface area contributed by atoms with Crippen LogP contribution in [0.25, 0.3) is 0 Å². The number of benzene rings is 1. The molecule has 0 saturated heterocycles. The maximum Gasteiger partial charge on any atom is 0.200 e. The highest BCUT2D eigenvalue weighted by atomic mass is 16.3. The quantitative estimate of drug-likeness (QED) is 0.494. The van der Waals surface area contributed by atoms with Crippen molar-refractivity contribution in [3.63, 3.8) is 0 Å². The minimum absolute atomic E-state index is 0.0790. The molecule has 0 aromatic heterocycles. The van der Waals surface area contributed by atoms with E-state index in [-0.39, 0.29) is 30.1 Å². The van der Waals surface area contributed by atoms with Gasteiger partial charge in [0.05, 0.1) is 0 Å². The van der Waals surface area contributed by atoms with E-state index in [4.69, 9.17) is 10.2 Å². The smallest absolute Gasteiger partial charge is 0.200 e. The van der Waals surface area contributed by atoms with Crippen molar-refractivity contribution in [1.29, 1.82) is 0 Å². The summed E-state index contributed by atoms with van der Waals surface area (Å²) in [5.74, 6) is -1.07. The van der Waals surface area contributed by atoms with Crippen molar-refractivity contribution in [2.24, 2.45) is 5.92 Å². The molecule has 0 fully saturated rings. The maximum atomic E-state index is 9.59. The Labute approximate surface area is 100 Å². The first-order valence-corrected chi connectivity index (χ1v) is 5.54. The van der Waals surface area contributed by atoms with E-state index in [9.17, 15) is 10.2 Å². The molecule has 0 aliphatic heterocycles. The summed E-state index contributed by atoms with van der Waals surface area (Å²) in [6, 6.07) is 2.94. The molecule has 5 heteroatoms. The Morgan fingerprint density at radius 2 is 1.76 bits per heavy atom. The second kappa shape index (κ2) is 5.75. The first-order chi connectivity index (χ1) is 7.97. The third-order valence-corrected chi connectivity index (χ3v) is 2.97. The topological polar surface area (TPSA) is 93.0 Å². The predicted molar refractivity (Wildman–Crippen MR) is 64.0 cm³/mol. The van der Waals surface area contributed by atoms with Crippen LogP contribution in [0.1, 0.15) is 19.4 Å². The van der Waals surface area contributed by atoms with Gasteiger partial charge in [-0.15, -0.1) is 0 Å². The van der Waals surface area contributed by atoms with Gasteiger partial charge in [0.2, 0.25) is 5.75 Å². The third-order valence-electron chi connectivity index (χ3n) is 2.97. The van der Waals surface area contributed by atoms with Crippen LogP contribution < -0.4 is 5.32 Å². The van der Waals surface area contributed by atoms with Crippen LogP contribution >= 0.6 is 0 Å². The van der Waals surface area contributed by atoms with Crippen molar-refractivity contribution in [2.45, 2.75) is 26.4 Å². The fourth-order valence-electron chi connectivity index (χ4n) is 1.38. The van der Waals surface area contributed by atoms with Crippen LogP contribution in [0.5, 0.6) is 17.2 Å². The van der Waals surface area contributed by atoms with Gasteiger partial charge in [-0.1, -0.05) is 13.0 Å². The Kier molecular flexibility index (Phi) is 4.60. The molecule has 0 heterocycles. The minimum Gasteiger partial charge on any atom is -0.504 e. The van der Waals surface area contributed by atoms with Gasteiger partial charge in [0.25, 0.3) is 0 Å². The van der Waals surface area contributed by atoms with Crippen LogP contribution in [-0.4, -0.2) is 33.1 Å². The average Bonchev–Trinajstić information content (AvgIpc) is 2.33. The van der Waals surface area contributed by atoms with Crippen LogP contribution in [-0.2, 0) is 6.54 Å². The number of phenols is 3. The summed E-state index contributed by atoms with van der Waals surface area (Å²) in [4.78, 5) is 0. The van der Waals surface area contributed by atoms with Gasteiger partial charge in [0.15, 0.2) is 11.5 Å². The fourth-order valence-corrected chi connectivity index (χ4v) is 1.38. The van der Waals surface area contributed by atoms with Gasteiger partial charge in [-0.2, -0.15) is 0 Å². The molecule has 2 unspecified atom stereocenters. The Hall–Kier alpha value is -1.46. The van der Waals surface area contributed by atoms with Gasteiger partial charge in [-0.05, 0) is 18.9 Å². The molecule has 0 amide bonds. The van der Waals surface area contributed by atoms with Crippen LogP contribution in [0, 0.1) is 5.92 Å². The van der Waals surface area contributed by atoms with E-state index < -0.39 is 5.75 Å². The van der Waals surface area contributed by atoms with Gasteiger partial charge in [-0.3, -0.25) is 0 Å². The number of nitrogens with one attached hydrogen (secondary N) is 1. The zero-order valence-corrected chi connectivity index (χ0v) is 10.0. The number of rotatable bonds is 5. The number of aromatic hydroxyl groups is 3. The summed E-state index contributed by atoms with van der Waals surface area (Å²) < 4.78 is 0. The van der Waals surface area contributed by atoms with E-state index >= 15 is 0 Å². The average molecular weight is 241 g/mol. The molecule has 17 heavy (non-hydrogen) atoms. The molecule has 5 nitrogen and oxygen atoms in total. The van der Waals surface area contributed by atoms with Crippen molar-refractivity contribution >= 4 is 0 Å². The number of hydrogen-bond donors (Lipinski definition) is 5. The molecule has 1 aromatic rings. The highest BCUT2D eigenvalue weighted by molar-refractivity contribution is 5.52. The standard InChI is InChI=1S/C12H19NO4/c1-7(6-14)8(2)13-5-9-3-4-10(15)12(17)11(9)16/h3-4,7-8,13-17H,5-6H2,1-2H3. The van der Waals surface area contributed by atoms with Crippen molar-refractivity contribution in [3.05, 3.63) is 17.7 Å². The highest BCUT2D eigenvalue weighted by Gasteiger charge is 2.14. The highest BCUT2D eigenvalue weighted by Crippen LogP contribution is 2.36. The van der Waals surface area contributed by atoms with E-state index in [1.807, 2.05) is 13.8 Å². The van der Waals surface area contributed by atoms with Gasteiger partial charge >= 0.3 is 0 Å². The SMILES string of the molecule is CC(CO)C(C)NCc1ccc(O)c(O)c1O. The minimum atomic E-state index is -0.507. The molecule has 1 aromatic carbocycles. The lowest BCUT2D eigenvalue weighted by atomic mass is 10.0. The van der Waals surface area contributed by atoms with Gasteiger partial charge in [-0.25, -0.2) is 0 Å². The summed E-state index contributed by atoms with van der Waals surface area (Å²) in [5.41, 5.74) is 0.497. The lowest BCUT2D eigenvalue weighted by Crippen LogP contribution is -2.33. The van der Waals surface area contributed by atoms with Crippen molar-refractivity contribution in [1.82, 2.24) is 5.32 Å². The van der Waals surface area contributed by atoms with E-state index in [0.29, 0.717) is 12.1 Å². The summed E-state index contributed by atoms with van der Waals surface area (Å²) in [6.45, 7) is 4.27. The molecule has 5 N–H and O–H groups in total. The summed E-state index contributed by atoms with van der Waals surface area (Å²) in [6.07, 6.45) is 0. The predicted octanol–water partition coefficient (Wildman–Crippen LogP) is 0.910. The van der Waals surface area contributed by atoms with E-state index in [2.05, 4.69) is 5.32 Å². The summed E-state index contributed by atoms with van der Waals surface area (Å²) in [5, 5.41) is 40.2. The Morgan fingerprint density at radius 3 is 2.35 bits per heavy atom. The molecule has 0 saturated carbocycles. The van der Waals surface area contributed by atoms with E-state index in [1.54, 1.807) is 0 Å². The van der Waals surface area contributed by atoms with Crippen LogP contribution in [0.2, 0.25) is 0 Å². The van der Waals surface area contributed by atoms with Crippen molar-refractivity contribution in [3.8, 4) is 17.2 Å².